The van der Waals surface area contributed by atoms with Gasteiger partial charge >= 0.3 is 0 Å². The molecule has 0 atom stereocenters. The lowest BCUT2D eigenvalue weighted by molar-refractivity contribution is 0.0950. The van der Waals surface area contributed by atoms with Gasteiger partial charge in [-0.05, 0) is 49.4 Å². The van der Waals surface area contributed by atoms with Crippen molar-refractivity contribution in [1.29, 1.82) is 0 Å². The minimum atomic E-state index is -0.392. The first kappa shape index (κ1) is 19.6. The number of hydrogen-bond donors (Lipinski definition) is 1. The summed E-state index contributed by atoms with van der Waals surface area (Å²) in [6.07, 6.45) is 2.54. The van der Waals surface area contributed by atoms with Crippen LogP contribution < -0.4 is 15.1 Å². The number of rotatable bonds is 6. The normalized spacial score (nSPS) is 13.1. The van der Waals surface area contributed by atoms with Crippen LogP contribution in [0.4, 0.5) is 10.1 Å². The number of ether oxygens (including phenoxy) is 1. The molecule has 3 aromatic rings. The summed E-state index contributed by atoms with van der Waals surface area (Å²) in [6.45, 7) is 3.09. The summed E-state index contributed by atoms with van der Waals surface area (Å²) < 4.78 is 19.1. The van der Waals surface area contributed by atoms with E-state index < -0.39 is 5.82 Å². The van der Waals surface area contributed by atoms with E-state index in [0.717, 1.165) is 24.4 Å². The van der Waals surface area contributed by atoms with Gasteiger partial charge in [0.15, 0.2) is 0 Å². The smallest absolute Gasteiger partial charge is 0.251 e. The Kier molecular flexibility index (Phi) is 5.70. The van der Waals surface area contributed by atoms with Crippen LogP contribution in [0.1, 0.15) is 29.3 Å². The first-order valence-electron chi connectivity index (χ1n) is 9.66. The number of halogens is 1. The Labute approximate surface area is 174 Å². The molecular formula is C23H21FN4O2. The standard InChI is InChI=1S/C23H21FN4O2/c1-16-11-13-28(27-16)20-9-7-17(8-10-20)22(29)26-15-18-4-3-12-25-23(18)30-21-6-2-5-19(24)14-21/h2-10,12,14H,11,13,15H2,1H3,(H,26,29). The second kappa shape index (κ2) is 8.73. The van der Waals surface area contributed by atoms with Crippen molar-refractivity contribution in [3.8, 4) is 11.6 Å². The highest BCUT2D eigenvalue weighted by molar-refractivity contribution is 5.94. The summed E-state index contributed by atoms with van der Waals surface area (Å²) in [5, 5.41) is 9.27. The van der Waals surface area contributed by atoms with E-state index in [0.29, 0.717) is 22.8 Å². The van der Waals surface area contributed by atoms with Crippen molar-refractivity contribution in [3.63, 3.8) is 0 Å². The highest BCUT2D eigenvalue weighted by atomic mass is 19.1. The fourth-order valence-electron chi connectivity index (χ4n) is 3.12. The molecule has 1 aliphatic heterocycles. The van der Waals surface area contributed by atoms with Crippen molar-refractivity contribution in [3.05, 3.63) is 83.8 Å². The zero-order chi connectivity index (χ0) is 20.9. The van der Waals surface area contributed by atoms with Crippen molar-refractivity contribution < 1.29 is 13.9 Å². The summed E-state index contributed by atoms with van der Waals surface area (Å²) in [4.78, 5) is 16.8. The molecule has 1 aliphatic rings. The fraction of sp³-hybridized carbons (Fsp3) is 0.174. The Hall–Kier alpha value is -3.74. The number of carbonyl (C=O) groups excluding carboxylic acids is 1. The lowest BCUT2D eigenvalue weighted by atomic mass is 10.2. The second-order valence-electron chi connectivity index (χ2n) is 6.97. The molecule has 7 heteroatoms. The Bertz CT molecular complexity index is 1080. The third kappa shape index (κ3) is 4.63. The van der Waals surface area contributed by atoms with Crippen molar-refractivity contribution in [2.24, 2.45) is 5.10 Å². The predicted molar refractivity (Wildman–Crippen MR) is 113 cm³/mol. The maximum absolute atomic E-state index is 13.4. The van der Waals surface area contributed by atoms with Gasteiger partial charge in [-0.15, -0.1) is 0 Å². The Balaban J connectivity index is 1.40. The minimum absolute atomic E-state index is 0.205. The van der Waals surface area contributed by atoms with Gasteiger partial charge in [-0.1, -0.05) is 12.1 Å². The van der Waals surface area contributed by atoms with Crippen molar-refractivity contribution >= 4 is 17.3 Å². The molecule has 0 radical (unpaired) electrons. The average Bonchev–Trinajstić information content (AvgIpc) is 3.19. The van der Waals surface area contributed by atoms with E-state index in [1.165, 1.54) is 12.1 Å². The number of hydrogen-bond acceptors (Lipinski definition) is 5. The maximum atomic E-state index is 13.4. The average molecular weight is 404 g/mol. The largest absolute Gasteiger partial charge is 0.439 e. The van der Waals surface area contributed by atoms with Crippen LogP contribution in [0.5, 0.6) is 11.6 Å². The van der Waals surface area contributed by atoms with E-state index in [1.807, 2.05) is 24.1 Å². The zero-order valence-electron chi connectivity index (χ0n) is 16.5. The summed E-state index contributed by atoms with van der Waals surface area (Å²) in [7, 11) is 0. The SMILES string of the molecule is CC1=NN(c2ccc(C(=O)NCc3cccnc3Oc3cccc(F)c3)cc2)CC1. The number of hydrazone groups is 1. The quantitative estimate of drug-likeness (QED) is 0.656. The van der Waals surface area contributed by atoms with E-state index in [2.05, 4.69) is 15.4 Å². The molecule has 1 aromatic heterocycles. The summed E-state index contributed by atoms with van der Waals surface area (Å²) in [5.74, 6) is 0.0670. The topological polar surface area (TPSA) is 66.8 Å². The van der Waals surface area contributed by atoms with Gasteiger partial charge in [0.2, 0.25) is 5.88 Å². The van der Waals surface area contributed by atoms with E-state index >= 15 is 0 Å². The summed E-state index contributed by atoms with van der Waals surface area (Å²) in [5.41, 5.74) is 3.30. The molecule has 2 heterocycles. The molecule has 2 aromatic carbocycles. The Morgan fingerprint density at radius 1 is 1.17 bits per heavy atom. The van der Waals surface area contributed by atoms with Crippen molar-refractivity contribution in [1.82, 2.24) is 10.3 Å². The van der Waals surface area contributed by atoms with Crippen LogP contribution in [0.2, 0.25) is 0 Å². The number of nitrogens with zero attached hydrogens (tertiary/aromatic N) is 3. The van der Waals surface area contributed by atoms with Gasteiger partial charge in [0.1, 0.15) is 11.6 Å². The van der Waals surface area contributed by atoms with Crippen LogP contribution in [0.15, 0.2) is 72.0 Å². The molecule has 0 saturated carbocycles. The lowest BCUT2D eigenvalue weighted by Crippen LogP contribution is -2.23. The van der Waals surface area contributed by atoms with Gasteiger partial charge in [0.05, 0.1) is 5.69 Å². The highest BCUT2D eigenvalue weighted by Gasteiger charge is 2.14. The molecule has 0 spiro atoms. The Morgan fingerprint density at radius 2 is 2.00 bits per heavy atom. The number of aromatic nitrogens is 1. The molecule has 1 amide bonds. The van der Waals surface area contributed by atoms with Gasteiger partial charge in [-0.3, -0.25) is 9.80 Å². The second-order valence-corrected chi connectivity index (χ2v) is 6.97. The van der Waals surface area contributed by atoms with Gasteiger partial charge < -0.3 is 10.1 Å². The third-order valence-electron chi connectivity index (χ3n) is 4.70. The molecule has 0 saturated heterocycles. The van der Waals surface area contributed by atoms with Gasteiger partial charge in [-0.25, -0.2) is 9.37 Å². The van der Waals surface area contributed by atoms with E-state index in [-0.39, 0.29) is 12.5 Å². The van der Waals surface area contributed by atoms with E-state index in [1.54, 1.807) is 42.6 Å². The fourth-order valence-corrected chi connectivity index (χ4v) is 3.12. The highest BCUT2D eigenvalue weighted by Crippen LogP contribution is 2.24. The number of nitrogens with one attached hydrogen (secondary N) is 1. The van der Waals surface area contributed by atoms with E-state index in [4.69, 9.17) is 4.74 Å². The Morgan fingerprint density at radius 3 is 2.73 bits per heavy atom. The number of carbonyl (C=O) groups is 1. The summed E-state index contributed by atoms with van der Waals surface area (Å²) >= 11 is 0. The van der Waals surface area contributed by atoms with Gasteiger partial charge in [0.25, 0.3) is 5.91 Å². The van der Waals surface area contributed by atoms with Crippen LogP contribution in [0, 0.1) is 5.82 Å². The molecule has 4 rings (SSSR count). The molecular weight excluding hydrogens is 383 g/mol. The molecule has 30 heavy (non-hydrogen) atoms. The monoisotopic (exact) mass is 404 g/mol. The number of benzene rings is 2. The van der Waals surface area contributed by atoms with Gasteiger partial charge in [0, 0.05) is 48.6 Å². The lowest BCUT2D eigenvalue weighted by Gasteiger charge is -2.14. The number of amides is 1. The molecule has 0 aliphatic carbocycles. The first-order valence-corrected chi connectivity index (χ1v) is 9.66. The number of anilines is 1. The van der Waals surface area contributed by atoms with Crippen molar-refractivity contribution in [2.75, 3.05) is 11.6 Å². The molecule has 1 N–H and O–H groups in total. The predicted octanol–water partition coefficient (Wildman–Crippen LogP) is 4.53. The van der Waals surface area contributed by atoms with Crippen LogP contribution >= 0.6 is 0 Å². The maximum Gasteiger partial charge on any atom is 0.251 e. The van der Waals surface area contributed by atoms with Crippen LogP contribution in [0.3, 0.4) is 0 Å². The van der Waals surface area contributed by atoms with Crippen molar-refractivity contribution in [2.45, 2.75) is 19.9 Å². The molecule has 0 fully saturated rings. The zero-order valence-corrected chi connectivity index (χ0v) is 16.5. The van der Waals surface area contributed by atoms with Gasteiger partial charge in [-0.2, -0.15) is 5.10 Å². The molecule has 0 bridgehead atoms. The van der Waals surface area contributed by atoms with Crippen LogP contribution in [0.25, 0.3) is 0 Å². The minimum Gasteiger partial charge on any atom is -0.439 e. The third-order valence-corrected chi connectivity index (χ3v) is 4.70. The molecule has 152 valence electrons. The summed E-state index contributed by atoms with van der Waals surface area (Å²) in [6, 6.07) is 16.7. The molecule has 0 unspecified atom stereocenters. The van der Waals surface area contributed by atoms with Crippen LogP contribution in [-0.2, 0) is 6.54 Å². The van der Waals surface area contributed by atoms with Crippen LogP contribution in [-0.4, -0.2) is 23.1 Å². The molecule has 6 nitrogen and oxygen atoms in total. The first-order chi connectivity index (χ1) is 14.6. The number of pyridine rings is 1. The van der Waals surface area contributed by atoms with E-state index in [9.17, 15) is 9.18 Å².